The van der Waals surface area contributed by atoms with Crippen LogP contribution in [0, 0.1) is 0 Å². The summed E-state index contributed by atoms with van der Waals surface area (Å²) in [7, 11) is 0. The molecule has 1 aromatic rings. The molecule has 16 heavy (non-hydrogen) atoms. The van der Waals surface area contributed by atoms with E-state index in [1.807, 2.05) is 12.1 Å². The SMILES string of the molecule is CC(F)(c1ccccc1Cl)C1CCCCN1. The van der Waals surface area contributed by atoms with Crippen LogP contribution in [-0.4, -0.2) is 12.6 Å². The summed E-state index contributed by atoms with van der Waals surface area (Å²) >= 11 is 6.06. The number of piperidine rings is 1. The normalized spacial score (nSPS) is 25.1. The molecule has 88 valence electrons. The lowest BCUT2D eigenvalue weighted by molar-refractivity contribution is 0.108. The van der Waals surface area contributed by atoms with Gasteiger partial charge in [-0.05, 0) is 32.4 Å². The topological polar surface area (TPSA) is 12.0 Å². The molecule has 1 aromatic carbocycles. The predicted octanol–water partition coefficient (Wildman–Crippen LogP) is 3.67. The fraction of sp³-hybridized carbons (Fsp3) is 0.538. The molecule has 0 aromatic heterocycles. The van der Waals surface area contributed by atoms with Crippen molar-refractivity contribution in [2.24, 2.45) is 0 Å². The van der Waals surface area contributed by atoms with E-state index >= 15 is 0 Å². The van der Waals surface area contributed by atoms with Gasteiger partial charge in [0.2, 0.25) is 0 Å². The number of halogens is 2. The molecule has 1 nitrogen and oxygen atoms in total. The molecule has 1 aliphatic heterocycles. The maximum Gasteiger partial charge on any atom is 0.149 e. The van der Waals surface area contributed by atoms with E-state index in [9.17, 15) is 4.39 Å². The average molecular weight is 242 g/mol. The molecule has 1 fully saturated rings. The van der Waals surface area contributed by atoms with E-state index in [0.29, 0.717) is 10.6 Å². The largest absolute Gasteiger partial charge is 0.311 e. The Balaban J connectivity index is 2.26. The van der Waals surface area contributed by atoms with Crippen LogP contribution in [0.4, 0.5) is 4.39 Å². The highest BCUT2D eigenvalue weighted by Gasteiger charge is 2.37. The van der Waals surface area contributed by atoms with E-state index in [4.69, 9.17) is 11.6 Å². The Morgan fingerprint density at radius 2 is 2.12 bits per heavy atom. The van der Waals surface area contributed by atoms with Crippen molar-refractivity contribution in [1.82, 2.24) is 5.32 Å². The maximum atomic E-state index is 14.8. The molecule has 2 rings (SSSR count). The van der Waals surface area contributed by atoms with Gasteiger partial charge in [-0.1, -0.05) is 36.2 Å². The standard InChI is InChI=1S/C13H17ClFN/c1-13(15,12-8-4-5-9-16-12)10-6-2-3-7-11(10)14/h2-3,6-7,12,16H,4-5,8-9H2,1H3. The van der Waals surface area contributed by atoms with Crippen molar-refractivity contribution < 1.29 is 4.39 Å². The summed E-state index contributed by atoms with van der Waals surface area (Å²) in [5, 5.41) is 3.77. The summed E-state index contributed by atoms with van der Waals surface area (Å²) in [5.41, 5.74) is -0.797. The van der Waals surface area contributed by atoms with Crippen molar-refractivity contribution in [2.75, 3.05) is 6.54 Å². The average Bonchev–Trinajstić information content (AvgIpc) is 2.30. The molecular formula is C13H17ClFN. The van der Waals surface area contributed by atoms with Crippen molar-refractivity contribution in [2.45, 2.75) is 37.9 Å². The molecule has 1 saturated heterocycles. The molecule has 0 radical (unpaired) electrons. The summed E-state index contributed by atoms with van der Waals surface area (Å²) in [4.78, 5) is 0. The second kappa shape index (κ2) is 4.72. The first-order chi connectivity index (χ1) is 7.62. The summed E-state index contributed by atoms with van der Waals surface area (Å²) < 4.78 is 14.8. The van der Waals surface area contributed by atoms with Gasteiger partial charge < -0.3 is 5.32 Å². The van der Waals surface area contributed by atoms with Crippen molar-refractivity contribution in [3.05, 3.63) is 34.9 Å². The van der Waals surface area contributed by atoms with Crippen LogP contribution in [0.1, 0.15) is 31.7 Å². The zero-order chi connectivity index (χ0) is 11.6. The number of benzene rings is 1. The van der Waals surface area contributed by atoms with E-state index in [-0.39, 0.29) is 6.04 Å². The second-order valence-electron chi connectivity index (χ2n) is 4.56. The van der Waals surface area contributed by atoms with E-state index in [2.05, 4.69) is 5.32 Å². The molecule has 0 spiro atoms. The third-order valence-electron chi connectivity index (χ3n) is 3.37. The molecule has 0 amide bonds. The molecule has 1 N–H and O–H groups in total. The lowest BCUT2D eigenvalue weighted by Gasteiger charge is -2.35. The maximum absolute atomic E-state index is 14.8. The first-order valence-electron chi connectivity index (χ1n) is 5.79. The number of hydrogen-bond donors (Lipinski definition) is 1. The molecule has 1 heterocycles. The number of rotatable bonds is 2. The minimum Gasteiger partial charge on any atom is -0.311 e. The molecule has 1 aliphatic rings. The monoisotopic (exact) mass is 241 g/mol. The zero-order valence-electron chi connectivity index (χ0n) is 9.47. The van der Waals surface area contributed by atoms with Crippen LogP contribution in [0.25, 0.3) is 0 Å². The van der Waals surface area contributed by atoms with Gasteiger partial charge in [0.1, 0.15) is 5.67 Å². The van der Waals surface area contributed by atoms with Crippen LogP contribution in [0.2, 0.25) is 5.02 Å². The van der Waals surface area contributed by atoms with Gasteiger partial charge in [-0.15, -0.1) is 0 Å². The number of hydrogen-bond acceptors (Lipinski definition) is 1. The Bertz CT molecular complexity index is 359. The molecule has 0 bridgehead atoms. The Kier molecular flexibility index (Phi) is 3.50. The second-order valence-corrected chi connectivity index (χ2v) is 4.97. The molecule has 0 saturated carbocycles. The minimum atomic E-state index is -1.39. The highest BCUT2D eigenvalue weighted by Crippen LogP contribution is 2.36. The van der Waals surface area contributed by atoms with Crippen LogP contribution in [0.3, 0.4) is 0 Å². The molecule has 3 heteroatoms. The quantitative estimate of drug-likeness (QED) is 0.833. The van der Waals surface area contributed by atoms with Gasteiger partial charge in [-0.25, -0.2) is 4.39 Å². The van der Waals surface area contributed by atoms with Crippen LogP contribution in [0.5, 0.6) is 0 Å². The van der Waals surface area contributed by atoms with E-state index in [0.717, 1.165) is 25.8 Å². The van der Waals surface area contributed by atoms with Gasteiger partial charge >= 0.3 is 0 Å². The first kappa shape index (κ1) is 11.9. The van der Waals surface area contributed by atoms with Crippen molar-refractivity contribution >= 4 is 11.6 Å². The van der Waals surface area contributed by atoms with Crippen molar-refractivity contribution in [1.29, 1.82) is 0 Å². The number of alkyl halides is 1. The smallest absolute Gasteiger partial charge is 0.149 e. The highest BCUT2D eigenvalue weighted by molar-refractivity contribution is 6.31. The lowest BCUT2D eigenvalue weighted by atomic mass is 9.85. The van der Waals surface area contributed by atoms with Gasteiger partial charge in [0, 0.05) is 16.6 Å². The van der Waals surface area contributed by atoms with Gasteiger partial charge in [0.15, 0.2) is 0 Å². The molecule has 0 aliphatic carbocycles. The molecular weight excluding hydrogens is 225 g/mol. The van der Waals surface area contributed by atoms with Crippen molar-refractivity contribution in [3.63, 3.8) is 0 Å². The summed E-state index contributed by atoms with van der Waals surface area (Å²) in [5.74, 6) is 0. The van der Waals surface area contributed by atoms with Gasteiger partial charge in [-0.2, -0.15) is 0 Å². The van der Waals surface area contributed by atoms with Gasteiger partial charge in [0.25, 0.3) is 0 Å². The van der Waals surface area contributed by atoms with Crippen LogP contribution < -0.4 is 5.32 Å². The predicted molar refractivity (Wildman–Crippen MR) is 65.6 cm³/mol. The fourth-order valence-electron chi connectivity index (χ4n) is 2.36. The van der Waals surface area contributed by atoms with Gasteiger partial charge in [0.05, 0.1) is 0 Å². The fourth-order valence-corrected chi connectivity index (χ4v) is 2.68. The first-order valence-corrected chi connectivity index (χ1v) is 6.17. The van der Waals surface area contributed by atoms with E-state index < -0.39 is 5.67 Å². The van der Waals surface area contributed by atoms with Crippen LogP contribution >= 0.6 is 11.6 Å². The highest BCUT2D eigenvalue weighted by atomic mass is 35.5. The van der Waals surface area contributed by atoms with E-state index in [1.54, 1.807) is 19.1 Å². The summed E-state index contributed by atoms with van der Waals surface area (Å²) in [6.45, 7) is 2.52. The minimum absolute atomic E-state index is 0.124. The van der Waals surface area contributed by atoms with Crippen LogP contribution in [0.15, 0.2) is 24.3 Å². The summed E-state index contributed by atoms with van der Waals surface area (Å²) in [6.07, 6.45) is 3.09. The van der Waals surface area contributed by atoms with Gasteiger partial charge in [-0.3, -0.25) is 0 Å². The zero-order valence-corrected chi connectivity index (χ0v) is 10.2. The Hall–Kier alpha value is -0.600. The Morgan fingerprint density at radius 1 is 1.38 bits per heavy atom. The Morgan fingerprint density at radius 3 is 2.75 bits per heavy atom. The number of nitrogens with one attached hydrogen (secondary N) is 1. The molecule has 2 atom stereocenters. The van der Waals surface area contributed by atoms with Crippen LogP contribution in [-0.2, 0) is 5.67 Å². The summed E-state index contributed by atoms with van der Waals surface area (Å²) in [6, 6.07) is 7.06. The third kappa shape index (κ3) is 2.23. The third-order valence-corrected chi connectivity index (χ3v) is 3.69. The van der Waals surface area contributed by atoms with E-state index in [1.165, 1.54) is 0 Å². The van der Waals surface area contributed by atoms with Crippen molar-refractivity contribution in [3.8, 4) is 0 Å². The Labute approximate surface area is 101 Å². The lowest BCUT2D eigenvalue weighted by Crippen LogP contribution is -2.46. The molecule has 2 unspecified atom stereocenters.